The fourth-order valence-corrected chi connectivity index (χ4v) is 11.2. The zero-order chi connectivity index (χ0) is 52.4. The van der Waals surface area contributed by atoms with Crippen LogP contribution >= 0.6 is 11.3 Å². The summed E-state index contributed by atoms with van der Waals surface area (Å²) in [6.07, 6.45) is 7.13. The molecule has 2 saturated heterocycles. The maximum Gasteiger partial charge on any atom is 0.254 e. The van der Waals surface area contributed by atoms with Crippen LogP contribution in [0.5, 0.6) is 0 Å². The lowest BCUT2D eigenvalue weighted by atomic mass is 9.98. The van der Waals surface area contributed by atoms with Gasteiger partial charge in [-0.15, -0.1) is 11.3 Å². The predicted octanol–water partition coefficient (Wildman–Crippen LogP) is 10.5. The van der Waals surface area contributed by atoms with Crippen molar-refractivity contribution in [3.63, 3.8) is 0 Å². The molecule has 2 aliphatic heterocycles. The SMILES string of the molecule is CN1CCN(C(=O)c2ccc(-c3ccc4nccc(Nc5cc(-[n+]6ccc(Nc7ccn8ncnc8c7)c7cc(-c8ccc(C(=O)N9CCN(C)CC9)cc8F)ccc76)c6sc(C(C)(C)C)nc6c5)c4c3)c(F)c2)CC1. The number of hydrogen-bond donors (Lipinski definition) is 2. The number of rotatable bonds is 9. The minimum Gasteiger partial charge on any atom is -0.355 e. The largest absolute Gasteiger partial charge is 0.355 e. The lowest BCUT2D eigenvalue weighted by molar-refractivity contribution is -0.565. The molecule has 0 atom stereocenters. The van der Waals surface area contributed by atoms with Crippen molar-refractivity contribution in [1.29, 1.82) is 0 Å². The van der Waals surface area contributed by atoms with Crippen LogP contribution in [0, 0.1) is 11.6 Å². The molecule has 0 unspecified atom stereocenters. The average Bonchev–Trinajstić information content (AvgIpc) is 4.13. The van der Waals surface area contributed by atoms with E-state index in [0.717, 1.165) is 91.6 Å². The Kier molecular flexibility index (Phi) is 12.5. The third-order valence-corrected chi connectivity index (χ3v) is 16.0. The van der Waals surface area contributed by atoms with E-state index in [4.69, 9.17) is 4.98 Å². The van der Waals surface area contributed by atoms with Gasteiger partial charge in [0.05, 0.1) is 27.1 Å². The van der Waals surface area contributed by atoms with Gasteiger partial charge in [-0.2, -0.15) is 9.67 Å². The molecule has 17 heteroatoms. The zero-order valence-corrected chi connectivity index (χ0v) is 43.6. The molecular formula is C59H55F2N12O2S+. The lowest BCUT2D eigenvalue weighted by Gasteiger charge is -2.32. The maximum absolute atomic E-state index is 16.4. The van der Waals surface area contributed by atoms with Crippen LogP contribution in [0.2, 0.25) is 0 Å². The molecule has 0 spiro atoms. The molecule has 14 nitrogen and oxygen atoms in total. The molecule has 5 aromatic carbocycles. The number of aromatic nitrogens is 6. The molecule has 0 aliphatic carbocycles. The molecule has 382 valence electrons. The van der Waals surface area contributed by atoms with Gasteiger partial charge >= 0.3 is 0 Å². The molecule has 5 aromatic heterocycles. The number of thiazole rings is 1. The van der Waals surface area contributed by atoms with E-state index in [1.165, 1.54) is 18.5 Å². The number of halogens is 2. The van der Waals surface area contributed by atoms with E-state index in [-0.39, 0.29) is 17.2 Å². The summed E-state index contributed by atoms with van der Waals surface area (Å²) in [5, 5.41) is 14.1. The van der Waals surface area contributed by atoms with Crippen LogP contribution in [0.3, 0.4) is 0 Å². The Morgan fingerprint density at radius 1 is 0.632 bits per heavy atom. The van der Waals surface area contributed by atoms with Crippen LogP contribution in [0.15, 0.2) is 134 Å². The number of pyridine rings is 3. The van der Waals surface area contributed by atoms with Crippen LogP contribution in [0.25, 0.3) is 65.6 Å². The second-order valence-electron chi connectivity index (χ2n) is 20.8. The third-order valence-electron chi connectivity index (χ3n) is 14.5. The molecule has 2 N–H and O–H groups in total. The Labute approximate surface area is 441 Å². The van der Waals surface area contributed by atoms with Gasteiger partial charge in [0.1, 0.15) is 22.7 Å². The quantitative estimate of drug-likeness (QED) is 0.135. The molecule has 2 amide bonds. The number of carbonyl (C=O) groups is 2. The van der Waals surface area contributed by atoms with Crippen molar-refractivity contribution in [2.75, 3.05) is 77.1 Å². The number of hydrogen-bond acceptors (Lipinski definition) is 11. The van der Waals surface area contributed by atoms with Crippen molar-refractivity contribution in [2.45, 2.75) is 26.2 Å². The Balaban J connectivity index is 0.941. The summed E-state index contributed by atoms with van der Waals surface area (Å²) < 4.78 is 37.3. The number of nitrogens with one attached hydrogen (secondary N) is 2. The van der Waals surface area contributed by atoms with E-state index in [1.54, 1.807) is 56.1 Å². The molecule has 0 saturated carbocycles. The first-order chi connectivity index (χ1) is 36.7. The number of anilines is 4. The smallest absolute Gasteiger partial charge is 0.254 e. The van der Waals surface area contributed by atoms with E-state index in [1.807, 2.05) is 87.2 Å². The van der Waals surface area contributed by atoms with Crippen LogP contribution in [0.4, 0.5) is 31.5 Å². The first kappa shape index (κ1) is 48.7. The minimum atomic E-state index is -0.484. The number of carbonyl (C=O) groups excluding carboxylic acids is 2. The van der Waals surface area contributed by atoms with Gasteiger partial charge in [-0.3, -0.25) is 14.6 Å². The molecule has 12 rings (SSSR count). The normalized spacial score (nSPS) is 14.8. The highest BCUT2D eigenvalue weighted by atomic mass is 32.1. The fourth-order valence-electron chi connectivity index (χ4n) is 10.1. The van der Waals surface area contributed by atoms with Crippen molar-refractivity contribution < 1.29 is 22.9 Å². The van der Waals surface area contributed by atoms with Gasteiger partial charge < -0.3 is 30.2 Å². The molecule has 0 radical (unpaired) electrons. The molecule has 10 aromatic rings. The molecular weight excluding hydrogens is 979 g/mol. The number of piperazine rings is 2. The summed E-state index contributed by atoms with van der Waals surface area (Å²) in [7, 11) is 4.06. The van der Waals surface area contributed by atoms with Gasteiger partial charge in [-0.1, -0.05) is 39.0 Å². The summed E-state index contributed by atoms with van der Waals surface area (Å²) in [5.41, 5.74) is 9.44. The summed E-state index contributed by atoms with van der Waals surface area (Å²) in [6, 6.07) is 33.0. The summed E-state index contributed by atoms with van der Waals surface area (Å²) in [4.78, 5) is 49.1. The second-order valence-corrected chi connectivity index (χ2v) is 21.8. The zero-order valence-electron chi connectivity index (χ0n) is 42.8. The van der Waals surface area contributed by atoms with Gasteiger partial charge in [-0.25, -0.2) is 23.3 Å². The van der Waals surface area contributed by atoms with E-state index >= 15 is 8.78 Å². The Morgan fingerprint density at radius 3 is 1.89 bits per heavy atom. The predicted molar refractivity (Wildman–Crippen MR) is 296 cm³/mol. The van der Waals surface area contributed by atoms with Gasteiger partial charge in [-0.05, 0) is 92.0 Å². The number of nitrogens with zero attached hydrogens (tertiary/aromatic N) is 10. The Hall–Kier alpha value is -8.25. The van der Waals surface area contributed by atoms with E-state index in [2.05, 4.69) is 73.0 Å². The van der Waals surface area contributed by atoms with Crippen molar-refractivity contribution in [3.8, 4) is 27.9 Å². The highest BCUT2D eigenvalue weighted by molar-refractivity contribution is 7.19. The molecule has 2 fully saturated rings. The van der Waals surface area contributed by atoms with E-state index < -0.39 is 11.6 Å². The van der Waals surface area contributed by atoms with Crippen molar-refractivity contribution in [3.05, 3.63) is 162 Å². The summed E-state index contributed by atoms with van der Waals surface area (Å²) in [5.74, 6) is -1.31. The monoisotopic (exact) mass is 1030 g/mol. The standard InChI is InChI=1S/C59H54F2N12O2S/c1-59(2,3)58-67-51-32-41(66-49-14-17-62-48-12-8-36(28-44(48)49)42-10-6-38(30-46(42)60)56(74)70-24-20-68(4)21-25-70)33-53(55(51)76-58)72-18-16-50(65-40-15-19-73-54(34-40)63-35-64-73)45-29-37(9-13-52(45)72)43-11-7-39(31-47(43)61)57(75)71-26-22-69(5)23-27-71/h6-19,28-35H,20-27H2,1-5H3,(H,62,66,74)/p+1. The van der Waals surface area contributed by atoms with Crippen molar-refractivity contribution >= 4 is 83.6 Å². The maximum atomic E-state index is 16.4. The van der Waals surface area contributed by atoms with Gasteiger partial charge in [0, 0.05) is 139 Å². The number of fused-ring (bicyclic) bond motifs is 4. The summed E-state index contributed by atoms with van der Waals surface area (Å²) >= 11 is 1.64. The fraction of sp³-hybridized carbons (Fsp3) is 0.237. The van der Waals surface area contributed by atoms with Crippen molar-refractivity contribution in [1.82, 2.24) is 44.2 Å². The topological polar surface area (TPSA) is 131 Å². The van der Waals surface area contributed by atoms with Gasteiger partial charge in [0.15, 0.2) is 11.8 Å². The van der Waals surface area contributed by atoms with Crippen LogP contribution in [0.1, 0.15) is 46.5 Å². The lowest BCUT2D eigenvalue weighted by Crippen LogP contribution is -2.47. The Bertz CT molecular complexity index is 3930. The average molecular weight is 1030 g/mol. The van der Waals surface area contributed by atoms with Crippen LogP contribution < -0.4 is 15.2 Å². The second kappa shape index (κ2) is 19.5. The van der Waals surface area contributed by atoms with Gasteiger partial charge in [0.25, 0.3) is 11.8 Å². The molecule has 0 bridgehead atoms. The number of benzene rings is 5. The summed E-state index contributed by atoms with van der Waals surface area (Å²) in [6.45, 7) is 11.9. The first-order valence-corrected chi connectivity index (χ1v) is 26.2. The van der Waals surface area contributed by atoms with Gasteiger partial charge in [0.2, 0.25) is 11.2 Å². The highest BCUT2D eigenvalue weighted by Crippen LogP contribution is 2.39. The molecule has 76 heavy (non-hydrogen) atoms. The number of likely N-dealkylation sites (N-methyl/N-ethyl adjacent to an activating group) is 2. The Morgan fingerprint density at radius 2 is 1.25 bits per heavy atom. The van der Waals surface area contributed by atoms with Crippen LogP contribution in [-0.2, 0) is 5.41 Å². The van der Waals surface area contributed by atoms with E-state index in [0.29, 0.717) is 65.2 Å². The van der Waals surface area contributed by atoms with Crippen molar-refractivity contribution in [2.24, 2.45) is 0 Å². The highest BCUT2D eigenvalue weighted by Gasteiger charge is 2.28. The third kappa shape index (κ3) is 9.35. The minimum absolute atomic E-state index is 0.170. The van der Waals surface area contributed by atoms with E-state index in [9.17, 15) is 9.59 Å². The molecule has 2 aliphatic rings. The molecule has 7 heterocycles. The first-order valence-electron chi connectivity index (χ1n) is 25.4. The number of amides is 2. The van der Waals surface area contributed by atoms with Crippen LogP contribution in [-0.4, -0.2) is 122 Å².